The second kappa shape index (κ2) is 8.58. The highest BCUT2D eigenvalue weighted by Gasteiger charge is 2.21. The average Bonchev–Trinajstić information content (AvgIpc) is 3.56. The molecule has 0 aliphatic carbocycles. The molecule has 0 spiro atoms. The van der Waals surface area contributed by atoms with Gasteiger partial charge in [-0.2, -0.15) is 4.98 Å². The van der Waals surface area contributed by atoms with E-state index in [1.54, 1.807) is 11.8 Å². The van der Waals surface area contributed by atoms with E-state index in [2.05, 4.69) is 39.3 Å². The number of para-hydroxylation sites is 1. The lowest BCUT2D eigenvalue weighted by atomic mass is 10.1. The predicted octanol–water partition coefficient (Wildman–Crippen LogP) is 4.94. The van der Waals surface area contributed by atoms with Gasteiger partial charge in [0.1, 0.15) is 17.2 Å². The van der Waals surface area contributed by atoms with E-state index in [4.69, 9.17) is 13.7 Å². The molecule has 0 saturated heterocycles. The average molecular weight is 457 g/mol. The summed E-state index contributed by atoms with van der Waals surface area (Å²) in [6.07, 6.45) is 0. The summed E-state index contributed by atoms with van der Waals surface area (Å²) in [5.41, 5.74) is 6.14. The third-order valence-electron chi connectivity index (χ3n) is 5.91. The zero-order valence-electron chi connectivity index (χ0n) is 19.7. The van der Waals surface area contributed by atoms with E-state index < -0.39 is 0 Å². The molecule has 0 amide bonds. The first kappa shape index (κ1) is 21.6. The van der Waals surface area contributed by atoms with Gasteiger partial charge in [0.25, 0.3) is 5.89 Å². The Kier molecular flexibility index (Phi) is 5.45. The number of hydrogen-bond acceptors (Lipinski definition) is 8. The Bertz CT molecular complexity index is 1480. The predicted molar refractivity (Wildman–Crippen MR) is 125 cm³/mol. The largest absolute Gasteiger partial charge is 0.496 e. The number of oxazole rings is 1. The lowest BCUT2D eigenvalue weighted by Crippen LogP contribution is -2.05. The monoisotopic (exact) mass is 456 g/mol. The molecule has 172 valence electrons. The molecule has 0 radical (unpaired) electrons. The van der Waals surface area contributed by atoms with E-state index in [0.717, 1.165) is 22.5 Å². The van der Waals surface area contributed by atoms with Crippen LogP contribution in [0.15, 0.2) is 51.4 Å². The molecule has 9 nitrogen and oxygen atoms in total. The van der Waals surface area contributed by atoms with Crippen LogP contribution in [0.25, 0.3) is 34.4 Å². The molecule has 0 unspecified atom stereocenters. The second-order valence-electron chi connectivity index (χ2n) is 8.13. The Labute approximate surface area is 196 Å². The summed E-state index contributed by atoms with van der Waals surface area (Å²) in [6, 6.07) is 13.7. The Morgan fingerprint density at radius 1 is 0.941 bits per heavy atom. The number of nitrogens with zero attached hydrogens (tertiary/aromatic N) is 6. The van der Waals surface area contributed by atoms with Crippen molar-refractivity contribution in [2.75, 3.05) is 7.11 Å². The van der Waals surface area contributed by atoms with Crippen molar-refractivity contribution in [3.63, 3.8) is 0 Å². The van der Waals surface area contributed by atoms with Crippen LogP contribution in [-0.2, 0) is 6.54 Å². The normalized spacial score (nSPS) is 11.2. The molecule has 0 N–H and O–H groups in total. The number of rotatable bonds is 6. The fraction of sp³-hybridized carbons (Fsp3) is 0.240. The summed E-state index contributed by atoms with van der Waals surface area (Å²) < 4.78 is 18.6. The van der Waals surface area contributed by atoms with Gasteiger partial charge in [0.05, 0.1) is 24.9 Å². The van der Waals surface area contributed by atoms with E-state index >= 15 is 0 Å². The van der Waals surface area contributed by atoms with Crippen LogP contribution in [0.1, 0.15) is 28.3 Å². The van der Waals surface area contributed by atoms with Gasteiger partial charge in [0.15, 0.2) is 5.69 Å². The zero-order valence-corrected chi connectivity index (χ0v) is 19.7. The van der Waals surface area contributed by atoms with E-state index in [9.17, 15) is 0 Å². The molecule has 0 saturated carbocycles. The highest BCUT2D eigenvalue weighted by Crippen LogP contribution is 2.31. The Morgan fingerprint density at radius 3 is 2.56 bits per heavy atom. The van der Waals surface area contributed by atoms with Crippen LogP contribution in [0, 0.1) is 27.7 Å². The maximum atomic E-state index is 5.92. The maximum Gasteiger partial charge on any atom is 0.280 e. The Balaban J connectivity index is 1.41. The van der Waals surface area contributed by atoms with Crippen LogP contribution < -0.4 is 4.74 Å². The SMILES string of the molecule is COc1ccccc1-c1nc(Cn2nnc(-c3nc(-c4ccc(C)c(C)c4)no3)c2C)c(C)o1. The summed E-state index contributed by atoms with van der Waals surface area (Å²) in [5.74, 6) is 2.74. The third-order valence-corrected chi connectivity index (χ3v) is 5.91. The van der Waals surface area contributed by atoms with Gasteiger partial charge in [-0.1, -0.05) is 34.6 Å². The van der Waals surface area contributed by atoms with Crippen molar-refractivity contribution >= 4 is 0 Å². The van der Waals surface area contributed by atoms with E-state index in [-0.39, 0.29) is 0 Å². The minimum Gasteiger partial charge on any atom is -0.496 e. The van der Waals surface area contributed by atoms with Crippen LogP contribution in [-0.4, -0.2) is 37.2 Å². The Hall–Kier alpha value is -4.27. The smallest absolute Gasteiger partial charge is 0.280 e. The number of aromatic nitrogens is 6. The first-order valence-electron chi connectivity index (χ1n) is 10.9. The van der Waals surface area contributed by atoms with Crippen molar-refractivity contribution in [3.05, 3.63) is 70.7 Å². The van der Waals surface area contributed by atoms with Crippen LogP contribution >= 0.6 is 0 Å². The van der Waals surface area contributed by atoms with Gasteiger partial charge >= 0.3 is 0 Å². The fourth-order valence-electron chi connectivity index (χ4n) is 3.68. The van der Waals surface area contributed by atoms with Crippen molar-refractivity contribution in [3.8, 4) is 40.2 Å². The highest BCUT2D eigenvalue weighted by molar-refractivity contribution is 5.63. The molecule has 0 bridgehead atoms. The van der Waals surface area contributed by atoms with Gasteiger partial charge < -0.3 is 13.7 Å². The lowest BCUT2D eigenvalue weighted by Gasteiger charge is -2.03. The minimum atomic E-state index is 0.323. The fourth-order valence-corrected chi connectivity index (χ4v) is 3.68. The number of methoxy groups -OCH3 is 1. The van der Waals surface area contributed by atoms with Crippen LogP contribution in [0.4, 0.5) is 0 Å². The van der Waals surface area contributed by atoms with Gasteiger partial charge in [-0.05, 0) is 57.0 Å². The molecule has 0 aliphatic rings. The number of ether oxygens (including phenoxy) is 1. The molecule has 5 rings (SSSR count). The number of aryl methyl sites for hydroxylation is 3. The van der Waals surface area contributed by atoms with Gasteiger partial charge in [0.2, 0.25) is 11.7 Å². The van der Waals surface area contributed by atoms with E-state index in [0.29, 0.717) is 41.4 Å². The molecule has 3 aromatic heterocycles. The van der Waals surface area contributed by atoms with E-state index in [1.165, 1.54) is 11.1 Å². The second-order valence-corrected chi connectivity index (χ2v) is 8.13. The van der Waals surface area contributed by atoms with Crippen molar-refractivity contribution in [2.45, 2.75) is 34.2 Å². The zero-order chi connectivity index (χ0) is 23.8. The molecular weight excluding hydrogens is 432 g/mol. The van der Waals surface area contributed by atoms with Crippen molar-refractivity contribution in [1.82, 2.24) is 30.1 Å². The standard InChI is InChI=1S/C25H24N6O3/c1-14-10-11-18(12-15(14)2)23-27-25(34-29-23)22-16(3)31(30-28-22)13-20-17(4)33-24(26-20)19-8-6-7-9-21(19)32-5/h6-12H,13H2,1-5H3. The molecule has 2 aromatic carbocycles. The van der Waals surface area contributed by atoms with Crippen molar-refractivity contribution < 1.29 is 13.7 Å². The summed E-state index contributed by atoms with van der Waals surface area (Å²) in [4.78, 5) is 9.22. The minimum absolute atomic E-state index is 0.323. The molecule has 34 heavy (non-hydrogen) atoms. The van der Waals surface area contributed by atoms with Crippen molar-refractivity contribution in [2.24, 2.45) is 0 Å². The molecule has 5 aromatic rings. The van der Waals surface area contributed by atoms with Crippen LogP contribution in [0.5, 0.6) is 5.75 Å². The maximum absolute atomic E-state index is 5.92. The van der Waals surface area contributed by atoms with Gasteiger partial charge in [0, 0.05) is 5.56 Å². The van der Waals surface area contributed by atoms with Gasteiger partial charge in [-0.25, -0.2) is 9.67 Å². The molecule has 0 atom stereocenters. The topological polar surface area (TPSA) is 105 Å². The lowest BCUT2D eigenvalue weighted by molar-refractivity contribution is 0.414. The number of hydrogen-bond donors (Lipinski definition) is 0. The quantitative estimate of drug-likeness (QED) is 0.354. The first-order chi connectivity index (χ1) is 16.4. The molecule has 0 fully saturated rings. The first-order valence-corrected chi connectivity index (χ1v) is 10.9. The molecule has 0 aliphatic heterocycles. The molecule has 3 heterocycles. The summed E-state index contributed by atoms with van der Waals surface area (Å²) in [7, 11) is 1.62. The molecular formula is C25H24N6O3. The van der Waals surface area contributed by atoms with E-state index in [1.807, 2.05) is 56.3 Å². The van der Waals surface area contributed by atoms with Gasteiger partial charge in [-0.15, -0.1) is 5.10 Å². The number of benzene rings is 2. The van der Waals surface area contributed by atoms with Gasteiger partial charge in [-0.3, -0.25) is 0 Å². The Morgan fingerprint density at radius 2 is 1.76 bits per heavy atom. The van der Waals surface area contributed by atoms with Crippen molar-refractivity contribution in [1.29, 1.82) is 0 Å². The van der Waals surface area contributed by atoms with Crippen LogP contribution in [0.2, 0.25) is 0 Å². The molecule has 9 heteroatoms. The summed E-state index contributed by atoms with van der Waals surface area (Å²) >= 11 is 0. The van der Waals surface area contributed by atoms with Crippen LogP contribution in [0.3, 0.4) is 0 Å². The summed E-state index contributed by atoms with van der Waals surface area (Å²) in [6.45, 7) is 8.30. The summed E-state index contributed by atoms with van der Waals surface area (Å²) in [5, 5.41) is 12.7. The third kappa shape index (κ3) is 3.85. The highest BCUT2D eigenvalue weighted by atomic mass is 16.5.